The molecule has 1 amide bonds. The van der Waals surface area contributed by atoms with Crippen LogP contribution < -0.4 is 5.32 Å². The fraction of sp³-hybridized carbons (Fsp3) is 0.125. The van der Waals surface area contributed by atoms with Gasteiger partial charge in [-0.3, -0.25) is 4.79 Å². The monoisotopic (exact) mass is 268 g/mol. The predicted molar refractivity (Wildman–Crippen MR) is 74.6 cm³/mol. The van der Waals surface area contributed by atoms with Crippen LogP contribution >= 0.6 is 0 Å². The van der Waals surface area contributed by atoms with Gasteiger partial charge in [0, 0.05) is 5.69 Å². The molecule has 0 saturated heterocycles. The molecule has 0 heterocycles. The van der Waals surface area contributed by atoms with Gasteiger partial charge in [0.2, 0.25) is 5.91 Å². The van der Waals surface area contributed by atoms with E-state index in [1.807, 2.05) is 30.3 Å². The maximum absolute atomic E-state index is 13.2. The van der Waals surface area contributed by atoms with Crippen molar-refractivity contribution in [2.45, 2.75) is 12.8 Å². The quantitative estimate of drug-likeness (QED) is 0.927. The minimum Gasteiger partial charge on any atom is -0.326 e. The normalized spacial score (nSPS) is 11.4. The number of benzene rings is 2. The van der Waals surface area contributed by atoms with E-state index in [4.69, 9.17) is 5.26 Å². The lowest BCUT2D eigenvalue weighted by Gasteiger charge is -2.12. The molecule has 2 aromatic rings. The number of nitrogens with zero attached hydrogens (tertiary/aromatic N) is 1. The first-order valence-corrected chi connectivity index (χ1v) is 6.17. The fourth-order valence-corrected chi connectivity index (χ4v) is 1.83. The Morgan fingerprint density at radius 2 is 1.95 bits per heavy atom. The molecule has 3 nitrogen and oxygen atoms in total. The first-order valence-electron chi connectivity index (χ1n) is 6.17. The van der Waals surface area contributed by atoms with Crippen LogP contribution in [0, 0.1) is 17.1 Å². The van der Waals surface area contributed by atoms with Crippen molar-refractivity contribution in [1.82, 2.24) is 0 Å². The first-order chi connectivity index (χ1) is 9.61. The molecule has 2 aromatic carbocycles. The molecule has 0 spiro atoms. The van der Waals surface area contributed by atoms with Crippen LogP contribution in [0.5, 0.6) is 0 Å². The summed E-state index contributed by atoms with van der Waals surface area (Å²) in [6.07, 6.45) is 0. The van der Waals surface area contributed by atoms with E-state index >= 15 is 0 Å². The van der Waals surface area contributed by atoms with Gasteiger partial charge < -0.3 is 5.32 Å². The molecule has 0 fully saturated rings. The van der Waals surface area contributed by atoms with Crippen LogP contribution in [0.3, 0.4) is 0 Å². The average Bonchev–Trinajstić information content (AvgIpc) is 2.49. The number of hydrogen-bond donors (Lipinski definition) is 1. The van der Waals surface area contributed by atoms with Crippen LogP contribution in [-0.4, -0.2) is 5.91 Å². The Bertz CT molecular complexity index is 662. The number of rotatable bonds is 3. The molecule has 0 aromatic heterocycles. The number of carbonyl (C=O) groups excluding carboxylic acids is 1. The van der Waals surface area contributed by atoms with Crippen LogP contribution in [0.2, 0.25) is 0 Å². The van der Waals surface area contributed by atoms with Gasteiger partial charge in [-0.15, -0.1) is 0 Å². The number of anilines is 1. The summed E-state index contributed by atoms with van der Waals surface area (Å²) in [7, 11) is 0. The zero-order valence-electron chi connectivity index (χ0n) is 10.9. The average molecular weight is 268 g/mol. The molecule has 0 aliphatic carbocycles. The molecule has 4 heteroatoms. The second-order valence-electron chi connectivity index (χ2n) is 4.43. The van der Waals surface area contributed by atoms with Gasteiger partial charge in [0.15, 0.2) is 0 Å². The van der Waals surface area contributed by atoms with E-state index < -0.39 is 5.82 Å². The molecule has 2 rings (SSSR count). The molecule has 0 saturated carbocycles. The van der Waals surface area contributed by atoms with Crippen molar-refractivity contribution in [3.8, 4) is 6.07 Å². The largest absolute Gasteiger partial charge is 0.326 e. The maximum Gasteiger partial charge on any atom is 0.231 e. The number of hydrogen-bond acceptors (Lipinski definition) is 2. The zero-order valence-corrected chi connectivity index (χ0v) is 10.9. The van der Waals surface area contributed by atoms with Gasteiger partial charge in [-0.1, -0.05) is 30.3 Å². The highest BCUT2D eigenvalue weighted by molar-refractivity contribution is 5.95. The molecule has 0 aliphatic rings. The lowest BCUT2D eigenvalue weighted by atomic mass is 10.0. The van der Waals surface area contributed by atoms with Gasteiger partial charge in [0.05, 0.1) is 11.5 Å². The van der Waals surface area contributed by atoms with Gasteiger partial charge in [-0.2, -0.15) is 5.26 Å². The lowest BCUT2D eigenvalue weighted by molar-refractivity contribution is -0.117. The Morgan fingerprint density at radius 3 is 2.60 bits per heavy atom. The smallest absolute Gasteiger partial charge is 0.231 e. The van der Waals surface area contributed by atoms with Gasteiger partial charge >= 0.3 is 0 Å². The van der Waals surface area contributed by atoms with Crippen molar-refractivity contribution >= 4 is 11.6 Å². The van der Waals surface area contributed by atoms with Crippen molar-refractivity contribution in [2.75, 3.05) is 5.32 Å². The number of nitriles is 1. The molecule has 100 valence electrons. The van der Waals surface area contributed by atoms with Gasteiger partial charge in [0.25, 0.3) is 0 Å². The summed E-state index contributed by atoms with van der Waals surface area (Å²) in [5, 5.41) is 11.4. The molecule has 0 bridgehead atoms. The third kappa shape index (κ3) is 3.01. The van der Waals surface area contributed by atoms with Crippen molar-refractivity contribution in [1.29, 1.82) is 5.26 Å². The van der Waals surface area contributed by atoms with Crippen LogP contribution in [0.25, 0.3) is 0 Å². The summed E-state index contributed by atoms with van der Waals surface area (Å²) in [4.78, 5) is 12.1. The molecule has 1 unspecified atom stereocenters. The Kier molecular flexibility index (Phi) is 4.11. The highest BCUT2D eigenvalue weighted by Gasteiger charge is 2.15. The number of nitrogens with one attached hydrogen (secondary N) is 1. The second kappa shape index (κ2) is 5.98. The van der Waals surface area contributed by atoms with E-state index in [1.54, 1.807) is 13.0 Å². The van der Waals surface area contributed by atoms with Gasteiger partial charge in [0.1, 0.15) is 11.9 Å². The Labute approximate surface area is 116 Å². The SMILES string of the molecule is CC(C(=O)Nc1ccc(F)c(C#N)c1)c1ccccc1. The molecule has 1 N–H and O–H groups in total. The van der Waals surface area contributed by atoms with Crippen LogP contribution in [0.4, 0.5) is 10.1 Å². The summed E-state index contributed by atoms with van der Waals surface area (Å²) in [6.45, 7) is 1.79. The summed E-state index contributed by atoms with van der Waals surface area (Å²) in [5.74, 6) is -1.12. The summed E-state index contributed by atoms with van der Waals surface area (Å²) in [5.41, 5.74) is 1.22. The van der Waals surface area contributed by atoms with E-state index in [1.165, 1.54) is 18.2 Å². The first kappa shape index (κ1) is 13.8. The molecular weight excluding hydrogens is 255 g/mol. The van der Waals surface area contributed by atoms with Crippen LogP contribution in [0.15, 0.2) is 48.5 Å². The van der Waals surface area contributed by atoms with Crippen molar-refractivity contribution in [3.63, 3.8) is 0 Å². The number of halogens is 1. The minimum absolute atomic E-state index is 0.0878. The van der Waals surface area contributed by atoms with E-state index in [9.17, 15) is 9.18 Å². The number of carbonyl (C=O) groups is 1. The van der Waals surface area contributed by atoms with Crippen LogP contribution in [-0.2, 0) is 4.79 Å². The second-order valence-corrected chi connectivity index (χ2v) is 4.43. The predicted octanol–water partition coefficient (Wildman–Crippen LogP) is 3.44. The highest BCUT2D eigenvalue weighted by atomic mass is 19.1. The molecule has 0 aliphatic heterocycles. The van der Waals surface area contributed by atoms with E-state index in [2.05, 4.69) is 5.32 Å². The standard InChI is InChI=1S/C16H13FN2O/c1-11(12-5-3-2-4-6-12)16(20)19-14-7-8-15(17)13(9-14)10-18/h2-9,11H,1H3,(H,19,20). The Morgan fingerprint density at radius 1 is 1.25 bits per heavy atom. The van der Waals surface area contributed by atoms with Crippen molar-refractivity contribution in [2.24, 2.45) is 0 Å². The lowest BCUT2D eigenvalue weighted by Crippen LogP contribution is -2.18. The number of amides is 1. The summed E-state index contributed by atoms with van der Waals surface area (Å²) < 4.78 is 13.2. The zero-order chi connectivity index (χ0) is 14.5. The minimum atomic E-state index is -0.596. The summed E-state index contributed by atoms with van der Waals surface area (Å²) in [6, 6.07) is 15.0. The fourth-order valence-electron chi connectivity index (χ4n) is 1.83. The highest BCUT2D eigenvalue weighted by Crippen LogP contribution is 2.19. The van der Waals surface area contributed by atoms with Crippen LogP contribution in [0.1, 0.15) is 24.0 Å². The maximum atomic E-state index is 13.2. The van der Waals surface area contributed by atoms with E-state index in [0.717, 1.165) is 5.56 Å². The molecular formula is C16H13FN2O. The molecule has 20 heavy (non-hydrogen) atoms. The van der Waals surface area contributed by atoms with Gasteiger partial charge in [-0.05, 0) is 30.7 Å². The van der Waals surface area contributed by atoms with E-state index in [-0.39, 0.29) is 17.4 Å². The van der Waals surface area contributed by atoms with Crippen molar-refractivity contribution < 1.29 is 9.18 Å². The molecule has 1 atom stereocenters. The topological polar surface area (TPSA) is 52.9 Å². The van der Waals surface area contributed by atoms with Crippen molar-refractivity contribution in [3.05, 3.63) is 65.5 Å². The summed E-state index contributed by atoms with van der Waals surface area (Å²) >= 11 is 0. The Hall–Kier alpha value is -2.67. The Balaban J connectivity index is 2.14. The third-order valence-electron chi connectivity index (χ3n) is 3.05. The molecule has 0 radical (unpaired) electrons. The van der Waals surface area contributed by atoms with Gasteiger partial charge in [-0.25, -0.2) is 4.39 Å². The van der Waals surface area contributed by atoms with E-state index in [0.29, 0.717) is 5.69 Å². The third-order valence-corrected chi connectivity index (χ3v) is 3.05.